The lowest BCUT2D eigenvalue weighted by Gasteiger charge is -2.10. The van der Waals surface area contributed by atoms with E-state index in [4.69, 9.17) is 4.74 Å². The summed E-state index contributed by atoms with van der Waals surface area (Å²) in [6.07, 6.45) is 2.04. The van der Waals surface area contributed by atoms with Crippen LogP contribution in [0.25, 0.3) is 0 Å². The predicted molar refractivity (Wildman–Crippen MR) is 70.4 cm³/mol. The van der Waals surface area contributed by atoms with Crippen LogP contribution in [0.3, 0.4) is 0 Å². The van der Waals surface area contributed by atoms with Crippen LogP contribution in [-0.4, -0.2) is 11.7 Å². The molecule has 4 heteroatoms. The molecule has 0 saturated heterocycles. The highest BCUT2D eigenvalue weighted by Gasteiger charge is 2.04. The zero-order valence-corrected chi connectivity index (χ0v) is 10.6. The van der Waals surface area contributed by atoms with Crippen LogP contribution in [0.2, 0.25) is 0 Å². The first-order valence-electron chi connectivity index (χ1n) is 5.96. The van der Waals surface area contributed by atoms with Gasteiger partial charge >= 0.3 is 0 Å². The average molecular weight is 248 g/mol. The van der Waals surface area contributed by atoms with E-state index >= 15 is 0 Å². The van der Waals surface area contributed by atoms with Crippen molar-refractivity contribution >= 4 is 5.69 Å². The first-order valence-corrected chi connectivity index (χ1v) is 5.96. The van der Waals surface area contributed by atoms with Gasteiger partial charge in [0, 0.05) is 30.2 Å². The molecule has 2 aromatic rings. The highest BCUT2D eigenvalue weighted by atomic mass is 19.1. The third kappa shape index (κ3) is 2.64. The minimum atomic E-state index is -0.347. The Balaban J connectivity index is 2.06. The van der Waals surface area contributed by atoms with Crippen molar-refractivity contribution < 1.29 is 9.13 Å². The van der Waals surface area contributed by atoms with Gasteiger partial charge in [-0.15, -0.1) is 0 Å². The van der Waals surface area contributed by atoms with Gasteiger partial charge in [0.15, 0.2) is 11.6 Å². The molecule has 3 nitrogen and oxygen atoms in total. The summed E-state index contributed by atoms with van der Waals surface area (Å²) in [7, 11) is 1.46. The second-order valence-corrected chi connectivity index (χ2v) is 3.99. The number of rotatable bonds is 5. The van der Waals surface area contributed by atoms with Gasteiger partial charge < -0.3 is 14.6 Å². The molecule has 0 aliphatic carbocycles. The minimum absolute atomic E-state index is 0.255. The smallest absolute Gasteiger partial charge is 0.165 e. The van der Waals surface area contributed by atoms with E-state index in [1.54, 1.807) is 12.1 Å². The van der Waals surface area contributed by atoms with Crippen LogP contribution < -0.4 is 10.1 Å². The topological polar surface area (TPSA) is 26.2 Å². The van der Waals surface area contributed by atoms with Crippen LogP contribution >= 0.6 is 0 Å². The summed E-state index contributed by atoms with van der Waals surface area (Å²) in [5, 5.41) is 3.26. The molecule has 0 saturated carbocycles. The summed E-state index contributed by atoms with van der Waals surface area (Å²) < 4.78 is 20.4. The number of benzene rings is 1. The van der Waals surface area contributed by atoms with Gasteiger partial charge in [-0.25, -0.2) is 4.39 Å². The van der Waals surface area contributed by atoms with Gasteiger partial charge in [-0.1, -0.05) is 0 Å². The number of aromatic nitrogens is 1. The third-order valence-electron chi connectivity index (χ3n) is 2.89. The fourth-order valence-electron chi connectivity index (χ4n) is 1.88. The molecule has 0 aliphatic heterocycles. The number of aryl methyl sites for hydroxylation is 1. The molecule has 0 fully saturated rings. The summed E-state index contributed by atoms with van der Waals surface area (Å²) in [5.74, 6) is -0.0918. The number of nitrogens with one attached hydrogen (secondary N) is 1. The molecule has 2 rings (SSSR count). The third-order valence-corrected chi connectivity index (χ3v) is 2.89. The Bertz CT molecular complexity index is 522. The van der Waals surface area contributed by atoms with E-state index in [1.165, 1.54) is 18.9 Å². The molecule has 0 atom stereocenters. The lowest BCUT2D eigenvalue weighted by atomic mass is 10.3. The average Bonchev–Trinajstić information content (AvgIpc) is 2.85. The quantitative estimate of drug-likeness (QED) is 0.879. The molecule has 0 unspecified atom stereocenters. The van der Waals surface area contributed by atoms with E-state index < -0.39 is 0 Å². The summed E-state index contributed by atoms with van der Waals surface area (Å²) >= 11 is 0. The molecule has 1 aromatic heterocycles. The fraction of sp³-hybridized carbons (Fsp3) is 0.286. The summed E-state index contributed by atoms with van der Waals surface area (Å²) in [4.78, 5) is 0. The van der Waals surface area contributed by atoms with Gasteiger partial charge in [0.1, 0.15) is 0 Å². The molecule has 96 valence electrons. The maximum atomic E-state index is 13.2. The number of ether oxygens (including phenoxy) is 1. The van der Waals surface area contributed by atoms with Gasteiger partial charge in [-0.3, -0.25) is 0 Å². The van der Waals surface area contributed by atoms with Crippen LogP contribution in [0.15, 0.2) is 36.5 Å². The molecular formula is C14H17FN2O. The Morgan fingerprint density at radius 3 is 2.89 bits per heavy atom. The highest BCUT2D eigenvalue weighted by Crippen LogP contribution is 2.21. The van der Waals surface area contributed by atoms with E-state index in [9.17, 15) is 4.39 Å². The van der Waals surface area contributed by atoms with E-state index in [-0.39, 0.29) is 11.6 Å². The number of halogens is 1. The molecule has 1 heterocycles. The van der Waals surface area contributed by atoms with Crippen LogP contribution in [-0.2, 0) is 13.1 Å². The maximum Gasteiger partial charge on any atom is 0.165 e. The van der Waals surface area contributed by atoms with E-state index in [1.807, 2.05) is 12.3 Å². The van der Waals surface area contributed by atoms with E-state index in [2.05, 4.69) is 22.9 Å². The van der Waals surface area contributed by atoms with Crippen molar-refractivity contribution in [3.63, 3.8) is 0 Å². The lowest BCUT2D eigenvalue weighted by molar-refractivity contribution is 0.387. The van der Waals surface area contributed by atoms with Crippen molar-refractivity contribution in [3.8, 4) is 5.75 Å². The second kappa shape index (κ2) is 5.58. The summed E-state index contributed by atoms with van der Waals surface area (Å²) in [6, 6.07) is 8.86. The molecular weight excluding hydrogens is 231 g/mol. The van der Waals surface area contributed by atoms with Gasteiger partial charge in [-0.2, -0.15) is 0 Å². The van der Waals surface area contributed by atoms with Crippen LogP contribution in [0.5, 0.6) is 5.75 Å². The molecule has 0 bridgehead atoms. The van der Waals surface area contributed by atoms with Gasteiger partial charge in [0.25, 0.3) is 0 Å². The van der Waals surface area contributed by atoms with Gasteiger partial charge in [-0.05, 0) is 31.2 Å². The number of nitrogens with zero attached hydrogens (tertiary/aromatic N) is 1. The Hall–Kier alpha value is -1.97. The molecule has 1 aromatic carbocycles. The molecule has 1 N–H and O–H groups in total. The van der Waals surface area contributed by atoms with Gasteiger partial charge in [0.2, 0.25) is 0 Å². The van der Waals surface area contributed by atoms with Crippen LogP contribution in [0.4, 0.5) is 10.1 Å². The zero-order valence-electron chi connectivity index (χ0n) is 10.6. The normalized spacial score (nSPS) is 10.4. The Kier molecular flexibility index (Phi) is 3.87. The monoisotopic (exact) mass is 248 g/mol. The first kappa shape index (κ1) is 12.5. The minimum Gasteiger partial charge on any atom is -0.494 e. The number of anilines is 1. The Morgan fingerprint density at radius 2 is 2.17 bits per heavy atom. The Morgan fingerprint density at radius 1 is 1.33 bits per heavy atom. The first-order chi connectivity index (χ1) is 8.74. The maximum absolute atomic E-state index is 13.2. The van der Waals surface area contributed by atoms with Crippen molar-refractivity contribution in [3.05, 3.63) is 48.0 Å². The fourth-order valence-corrected chi connectivity index (χ4v) is 1.88. The predicted octanol–water partition coefficient (Wildman–Crippen LogP) is 3.27. The largest absolute Gasteiger partial charge is 0.494 e. The van der Waals surface area contributed by atoms with Crippen molar-refractivity contribution in [1.29, 1.82) is 0 Å². The summed E-state index contributed by atoms with van der Waals surface area (Å²) in [6.45, 7) is 3.75. The van der Waals surface area contributed by atoms with Crippen molar-refractivity contribution in [2.24, 2.45) is 0 Å². The standard InChI is InChI=1S/C14H17FN2O/c1-3-17-8-4-5-12(17)10-16-11-6-7-13(15)14(9-11)18-2/h4-9,16H,3,10H2,1-2H3. The van der Waals surface area contributed by atoms with Crippen molar-refractivity contribution in [1.82, 2.24) is 4.57 Å². The van der Waals surface area contributed by atoms with Crippen LogP contribution in [0.1, 0.15) is 12.6 Å². The molecule has 18 heavy (non-hydrogen) atoms. The SMILES string of the molecule is CCn1cccc1CNc1ccc(F)c(OC)c1. The van der Waals surface area contributed by atoms with Crippen LogP contribution in [0, 0.1) is 5.82 Å². The highest BCUT2D eigenvalue weighted by molar-refractivity contribution is 5.49. The number of hydrogen-bond acceptors (Lipinski definition) is 2. The number of hydrogen-bond donors (Lipinski definition) is 1. The summed E-state index contributed by atoms with van der Waals surface area (Å²) in [5.41, 5.74) is 2.04. The molecule has 0 aliphatic rings. The van der Waals surface area contributed by atoms with Crippen molar-refractivity contribution in [2.75, 3.05) is 12.4 Å². The molecule has 0 spiro atoms. The van der Waals surface area contributed by atoms with E-state index in [0.717, 1.165) is 12.2 Å². The van der Waals surface area contributed by atoms with E-state index in [0.29, 0.717) is 6.54 Å². The lowest BCUT2D eigenvalue weighted by Crippen LogP contribution is -2.06. The second-order valence-electron chi connectivity index (χ2n) is 3.99. The zero-order chi connectivity index (χ0) is 13.0. The van der Waals surface area contributed by atoms with Gasteiger partial charge in [0.05, 0.1) is 13.7 Å². The Labute approximate surface area is 106 Å². The molecule has 0 radical (unpaired) electrons. The number of methoxy groups -OCH3 is 1. The van der Waals surface area contributed by atoms with Crippen molar-refractivity contribution in [2.45, 2.75) is 20.0 Å². The molecule has 0 amide bonds.